The molecule has 0 unspecified atom stereocenters. The highest BCUT2D eigenvalue weighted by Gasteiger charge is 1.99. The molecule has 0 spiro atoms. The average molecular weight is 216 g/mol. The third-order valence-corrected chi connectivity index (χ3v) is 2.31. The second kappa shape index (κ2) is 5.35. The number of aryl methyl sites for hydroxylation is 1. The number of hydrogen-bond acceptors (Lipinski definition) is 2. The second-order valence-electron chi connectivity index (χ2n) is 3.71. The quantitative estimate of drug-likeness (QED) is 0.768. The van der Waals surface area contributed by atoms with Crippen molar-refractivity contribution >= 4 is 0 Å². The molecule has 0 N–H and O–H groups in total. The fourth-order valence-corrected chi connectivity index (χ4v) is 1.51. The predicted molar refractivity (Wildman–Crippen MR) is 63.3 cm³/mol. The van der Waals surface area contributed by atoms with Crippen LogP contribution in [0.2, 0.25) is 0 Å². The van der Waals surface area contributed by atoms with Crippen LogP contribution >= 0.6 is 0 Å². The molecule has 0 aliphatic heterocycles. The summed E-state index contributed by atoms with van der Waals surface area (Å²) in [4.78, 5) is 0. The number of benzene rings is 1. The van der Waals surface area contributed by atoms with E-state index < -0.39 is 0 Å². The summed E-state index contributed by atoms with van der Waals surface area (Å²) in [5, 5.41) is 4.21. The van der Waals surface area contributed by atoms with E-state index in [9.17, 15) is 0 Å². The Morgan fingerprint density at radius 3 is 2.81 bits per heavy atom. The molecule has 0 radical (unpaired) electrons. The Balaban J connectivity index is 1.89. The summed E-state index contributed by atoms with van der Waals surface area (Å²) < 4.78 is 7.54. The van der Waals surface area contributed by atoms with E-state index in [1.165, 1.54) is 5.56 Å². The molecule has 0 aliphatic rings. The van der Waals surface area contributed by atoms with E-state index in [1.54, 1.807) is 6.20 Å². The van der Waals surface area contributed by atoms with Gasteiger partial charge in [0.15, 0.2) is 5.75 Å². The van der Waals surface area contributed by atoms with Crippen LogP contribution in [0.1, 0.15) is 18.9 Å². The van der Waals surface area contributed by atoms with Gasteiger partial charge in [-0.3, -0.25) is 4.68 Å². The van der Waals surface area contributed by atoms with Gasteiger partial charge in [-0.2, -0.15) is 5.10 Å². The minimum atomic E-state index is 0.596. The molecule has 84 valence electrons. The zero-order valence-electron chi connectivity index (χ0n) is 9.47. The van der Waals surface area contributed by atoms with Crippen LogP contribution in [0.25, 0.3) is 0 Å². The van der Waals surface area contributed by atoms with Crippen molar-refractivity contribution in [2.24, 2.45) is 0 Å². The van der Waals surface area contributed by atoms with Crippen molar-refractivity contribution in [3.63, 3.8) is 0 Å². The molecule has 2 rings (SSSR count). The van der Waals surface area contributed by atoms with Crippen molar-refractivity contribution in [1.29, 1.82) is 0 Å². The summed E-state index contributed by atoms with van der Waals surface area (Å²) in [5.74, 6) is 0.831. The van der Waals surface area contributed by atoms with Crippen LogP contribution in [0, 0.1) is 0 Å². The van der Waals surface area contributed by atoms with E-state index in [0.29, 0.717) is 6.61 Å². The Hall–Kier alpha value is -1.77. The largest absolute Gasteiger partial charge is 0.486 e. The molecule has 2 aromatic rings. The van der Waals surface area contributed by atoms with Crippen molar-refractivity contribution in [3.05, 3.63) is 48.3 Å². The molecule has 3 nitrogen and oxygen atoms in total. The highest BCUT2D eigenvalue weighted by atomic mass is 16.5. The van der Waals surface area contributed by atoms with Crippen LogP contribution in [-0.2, 0) is 13.2 Å². The maximum Gasteiger partial charge on any atom is 0.157 e. The van der Waals surface area contributed by atoms with E-state index in [4.69, 9.17) is 4.74 Å². The Morgan fingerprint density at radius 1 is 1.25 bits per heavy atom. The second-order valence-corrected chi connectivity index (χ2v) is 3.71. The summed E-state index contributed by atoms with van der Waals surface area (Å²) in [6.07, 6.45) is 4.78. The molecule has 0 atom stereocenters. The topological polar surface area (TPSA) is 27.1 Å². The van der Waals surface area contributed by atoms with Gasteiger partial charge in [0.25, 0.3) is 0 Å². The van der Waals surface area contributed by atoms with E-state index in [1.807, 2.05) is 29.1 Å². The lowest BCUT2D eigenvalue weighted by atomic mass is 10.2. The molecular formula is C13H16N2O. The Labute approximate surface area is 95.7 Å². The van der Waals surface area contributed by atoms with Gasteiger partial charge in [0.2, 0.25) is 0 Å². The smallest absolute Gasteiger partial charge is 0.157 e. The minimum Gasteiger partial charge on any atom is -0.486 e. The molecule has 3 heteroatoms. The van der Waals surface area contributed by atoms with Crippen molar-refractivity contribution in [2.75, 3.05) is 0 Å². The zero-order chi connectivity index (χ0) is 11.2. The molecule has 1 heterocycles. The van der Waals surface area contributed by atoms with Gasteiger partial charge in [-0.1, -0.05) is 37.3 Å². The fourth-order valence-electron chi connectivity index (χ4n) is 1.51. The van der Waals surface area contributed by atoms with Gasteiger partial charge in [-0.15, -0.1) is 0 Å². The number of ether oxygens (including phenoxy) is 1. The lowest BCUT2D eigenvalue weighted by Crippen LogP contribution is -1.96. The number of aromatic nitrogens is 2. The van der Waals surface area contributed by atoms with Gasteiger partial charge in [-0.05, 0) is 12.0 Å². The highest BCUT2D eigenvalue weighted by Crippen LogP contribution is 2.11. The Kier molecular flexibility index (Phi) is 3.59. The fraction of sp³-hybridized carbons (Fsp3) is 0.308. The van der Waals surface area contributed by atoms with Crippen molar-refractivity contribution in [3.8, 4) is 5.75 Å². The van der Waals surface area contributed by atoms with Crippen molar-refractivity contribution in [2.45, 2.75) is 26.5 Å². The molecular weight excluding hydrogens is 200 g/mol. The molecule has 0 fully saturated rings. The molecule has 0 saturated heterocycles. The van der Waals surface area contributed by atoms with Crippen molar-refractivity contribution in [1.82, 2.24) is 9.78 Å². The van der Waals surface area contributed by atoms with Crippen LogP contribution in [0.3, 0.4) is 0 Å². The Bertz CT molecular complexity index is 423. The molecule has 16 heavy (non-hydrogen) atoms. The van der Waals surface area contributed by atoms with Crippen LogP contribution in [-0.4, -0.2) is 9.78 Å². The monoisotopic (exact) mass is 216 g/mol. The van der Waals surface area contributed by atoms with E-state index in [-0.39, 0.29) is 0 Å². The molecule has 0 bridgehead atoms. The number of nitrogens with zero attached hydrogens (tertiary/aromatic N) is 2. The summed E-state index contributed by atoms with van der Waals surface area (Å²) >= 11 is 0. The summed E-state index contributed by atoms with van der Waals surface area (Å²) in [6.45, 7) is 3.67. The van der Waals surface area contributed by atoms with Gasteiger partial charge in [0, 0.05) is 6.54 Å². The lowest BCUT2D eigenvalue weighted by molar-refractivity contribution is 0.305. The maximum absolute atomic E-state index is 5.64. The predicted octanol–water partition coefficient (Wildman–Crippen LogP) is 2.87. The third-order valence-electron chi connectivity index (χ3n) is 2.31. The first-order valence-corrected chi connectivity index (χ1v) is 5.57. The van der Waals surface area contributed by atoms with E-state index in [2.05, 4.69) is 24.2 Å². The van der Waals surface area contributed by atoms with Gasteiger partial charge in [0.05, 0.1) is 12.4 Å². The molecule has 0 aliphatic carbocycles. The van der Waals surface area contributed by atoms with Crippen molar-refractivity contribution < 1.29 is 4.74 Å². The zero-order valence-corrected chi connectivity index (χ0v) is 9.47. The number of hydrogen-bond donors (Lipinski definition) is 0. The van der Waals surface area contributed by atoms with Crippen LogP contribution in [0.4, 0.5) is 0 Å². The molecule has 0 amide bonds. The molecule has 0 saturated carbocycles. The van der Waals surface area contributed by atoms with E-state index in [0.717, 1.165) is 18.7 Å². The Morgan fingerprint density at radius 2 is 2.06 bits per heavy atom. The first-order chi connectivity index (χ1) is 7.88. The first-order valence-electron chi connectivity index (χ1n) is 5.57. The van der Waals surface area contributed by atoms with Crippen LogP contribution < -0.4 is 4.74 Å². The molecule has 1 aromatic heterocycles. The number of rotatable bonds is 5. The third kappa shape index (κ3) is 2.86. The summed E-state index contributed by atoms with van der Waals surface area (Å²) in [5.41, 5.74) is 1.17. The average Bonchev–Trinajstić information content (AvgIpc) is 2.76. The standard InChI is InChI=1S/C13H16N2O/c1-2-8-15-10-13(9-14-15)16-11-12-6-4-3-5-7-12/h3-7,9-10H,2,8,11H2,1H3. The summed E-state index contributed by atoms with van der Waals surface area (Å²) in [7, 11) is 0. The highest BCUT2D eigenvalue weighted by molar-refractivity contribution is 5.16. The minimum absolute atomic E-state index is 0.596. The van der Waals surface area contributed by atoms with Gasteiger partial charge in [-0.25, -0.2) is 0 Å². The molecule has 1 aromatic carbocycles. The van der Waals surface area contributed by atoms with Crippen LogP contribution in [0.5, 0.6) is 5.75 Å². The van der Waals surface area contributed by atoms with E-state index >= 15 is 0 Å². The van der Waals surface area contributed by atoms with Gasteiger partial charge >= 0.3 is 0 Å². The first kappa shape index (κ1) is 10.7. The van der Waals surface area contributed by atoms with Gasteiger partial charge < -0.3 is 4.74 Å². The maximum atomic E-state index is 5.64. The SMILES string of the molecule is CCCn1cc(OCc2ccccc2)cn1. The van der Waals surface area contributed by atoms with Gasteiger partial charge in [0.1, 0.15) is 6.61 Å². The normalized spacial score (nSPS) is 10.3. The summed E-state index contributed by atoms with van der Waals surface area (Å²) in [6, 6.07) is 10.1. The lowest BCUT2D eigenvalue weighted by Gasteiger charge is -2.02. The van der Waals surface area contributed by atoms with Crippen LogP contribution in [0.15, 0.2) is 42.7 Å².